The van der Waals surface area contributed by atoms with Crippen LogP contribution in [0.1, 0.15) is 33.3 Å². The van der Waals surface area contributed by atoms with Gasteiger partial charge in [0.2, 0.25) is 0 Å². The first-order chi connectivity index (χ1) is 11.7. The lowest BCUT2D eigenvalue weighted by Crippen LogP contribution is -2.41. The highest BCUT2D eigenvalue weighted by Gasteiger charge is 2.44. The highest BCUT2D eigenvalue weighted by molar-refractivity contribution is 7.11. The average Bonchev–Trinajstić information content (AvgIpc) is 3.26. The van der Waals surface area contributed by atoms with E-state index in [1.165, 1.54) is 16.2 Å². The van der Waals surface area contributed by atoms with E-state index in [1.807, 2.05) is 18.3 Å². The normalized spacial score (nSPS) is 27.5. The third-order valence-electron chi connectivity index (χ3n) is 4.85. The monoisotopic (exact) mass is 364 g/mol. The van der Waals surface area contributed by atoms with E-state index in [1.54, 1.807) is 11.3 Å². The summed E-state index contributed by atoms with van der Waals surface area (Å²) in [6.45, 7) is 7.63. The zero-order chi connectivity index (χ0) is 16.5. The van der Waals surface area contributed by atoms with E-state index in [0.29, 0.717) is 12.6 Å². The lowest BCUT2D eigenvalue weighted by atomic mass is 10.0. The van der Waals surface area contributed by atoms with Crippen LogP contribution in [0.4, 0.5) is 0 Å². The third kappa shape index (κ3) is 3.58. The van der Waals surface area contributed by atoms with Gasteiger partial charge in [0.25, 0.3) is 0 Å². The van der Waals surface area contributed by atoms with Gasteiger partial charge in [0.15, 0.2) is 0 Å². The van der Waals surface area contributed by atoms with Crippen LogP contribution >= 0.6 is 22.7 Å². The van der Waals surface area contributed by atoms with Crippen LogP contribution in [0.3, 0.4) is 0 Å². The van der Waals surface area contributed by atoms with E-state index in [4.69, 9.17) is 9.47 Å². The summed E-state index contributed by atoms with van der Waals surface area (Å²) in [7, 11) is 0. The minimum absolute atomic E-state index is 0.151. The van der Waals surface area contributed by atoms with Crippen LogP contribution in [0.15, 0.2) is 17.5 Å². The fourth-order valence-electron chi connectivity index (χ4n) is 3.77. The van der Waals surface area contributed by atoms with E-state index < -0.39 is 0 Å². The Balaban J connectivity index is 1.42. The molecule has 4 rings (SSSR count). The van der Waals surface area contributed by atoms with Crippen LogP contribution in [0.25, 0.3) is 0 Å². The van der Waals surface area contributed by atoms with Crippen LogP contribution < -0.4 is 0 Å². The lowest BCUT2D eigenvalue weighted by Gasteiger charge is -2.32. The summed E-state index contributed by atoms with van der Waals surface area (Å²) in [5.74, 6) is 0. The molecule has 0 unspecified atom stereocenters. The Bertz CT molecular complexity index is 684. The van der Waals surface area contributed by atoms with Crippen molar-refractivity contribution in [2.45, 2.75) is 58.1 Å². The maximum absolute atomic E-state index is 6.23. The molecule has 2 aliphatic rings. The SMILES string of the molecule is Cc1ccc(CN2C[C@@H](OCc3csc(C)n3)[C@H]3OCCC[C@H]32)s1. The predicted octanol–water partition coefficient (Wildman–Crippen LogP) is 3.77. The van der Waals surface area contributed by atoms with E-state index >= 15 is 0 Å². The maximum atomic E-state index is 6.23. The molecule has 3 atom stereocenters. The molecular formula is C18H24N2O2S2. The first kappa shape index (κ1) is 16.7. The van der Waals surface area contributed by atoms with Crippen molar-refractivity contribution in [3.05, 3.63) is 38.0 Å². The molecule has 4 nitrogen and oxygen atoms in total. The highest BCUT2D eigenvalue weighted by atomic mass is 32.1. The topological polar surface area (TPSA) is 34.6 Å². The number of fused-ring (bicyclic) bond motifs is 1. The lowest BCUT2D eigenvalue weighted by molar-refractivity contribution is -0.0823. The summed E-state index contributed by atoms with van der Waals surface area (Å²) in [6, 6.07) is 4.96. The fraction of sp³-hybridized carbons (Fsp3) is 0.611. The van der Waals surface area contributed by atoms with Crippen LogP contribution in [-0.4, -0.2) is 41.3 Å². The molecule has 2 aromatic heterocycles. The van der Waals surface area contributed by atoms with Gasteiger partial charge in [0.05, 0.1) is 23.4 Å². The number of hydrogen-bond acceptors (Lipinski definition) is 6. The van der Waals surface area contributed by atoms with Crippen LogP contribution in [0.2, 0.25) is 0 Å². The molecule has 2 aromatic rings. The zero-order valence-corrected chi connectivity index (χ0v) is 15.9. The second kappa shape index (κ2) is 7.22. The minimum Gasteiger partial charge on any atom is -0.374 e. The molecule has 0 saturated carbocycles. The van der Waals surface area contributed by atoms with Crippen molar-refractivity contribution in [3.8, 4) is 0 Å². The van der Waals surface area contributed by atoms with Gasteiger partial charge in [0.1, 0.15) is 6.10 Å². The van der Waals surface area contributed by atoms with Gasteiger partial charge in [-0.1, -0.05) is 0 Å². The predicted molar refractivity (Wildman–Crippen MR) is 97.7 cm³/mol. The number of aromatic nitrogens is 1. The number of thiophene rings is 1. The Morgan fingerprint density at radius 3 is 3.04 bits per heavy atom. The van der Waals surface area contributed by atoms with Crippen molar-refractivity contribution in [2.24, 2.45) is 0 Å². The molecule has 24 heavy (non-hydrogen) atoms. The number of likely N-dealkylation sites (tertiary alicyclic amines) is 1. The molecule has 0 aliphatic carbocycles. The van der Waals surface area contributed by atoms with Gasteiger partial charge in [-0.3, -0.25) is 4.90 Å². The van der Waals surface area contributed by atoms with Gasteiger partial charge in [-0.25, -0.2) is 4.98 Å². The van der Waals surface area contributed by atoms with E-state index in [-0.39, 0.29) is 12.2 Å². The standard InChI is InChI=1S/C18H24N2O2S2/c1-12-5-6-15(24-12)8-20-9-17(18-16(20)4-3-7-21-18)22-10-14-11-23-13(2)19-14/h5-6,11,16-18H,3-4,7-10H2,1-2H3/t16-,17-,18+/m1/s1. The Labute approximate surface area is 151 Å². The number of nitrogens with zero attached hydrogens (tertiary/aromatic N) is 2. The molecule has 0 bridgehead atoms. The largest absolute Gasteiger partial charge is 0.374 e. The Kier molecular flexibility index (Phi) is 5.01. The number of ether oxygens (including phenoxy) is 2. The molecule has 2 aliphatic heterocycles. The van der Waals surface area contributed by atoms with Crippen molar-refractivity contribution in [3.63, 3.8) is 0 Å². The van der Waals surface area contributed by atoms with E-state index in [9.17, 15) is 0 Å². The average molecular weight is 365 g/mol. The number of aryl methyl sites for hydroxylation is 2. The van der Waals surface area contributed by atoms with Gasteiger partial charge in [0, 0.05) is 40.9 Å². The van der Waals surface area contributed by atoms with Gasteiger partial charge in [-0.15, -0.1) is 22.7 Å². The quantitative estimate of drug-likeness (QED) is 0.809. The smallest absolute Gasteiger partial charge is 0.100 e. The van der Waals surface area contributed by atoms with Crippen LogP contribution in [0, 0.1) is 13.8 Å². The second-order valence-electron chi connectivity index (χ2n) is 6.69. The molecular weight excluding hydrogens is 340 g/mol. The number of rotatable bonds is 5. The van der Waals surface area contributed by atoms with Crippen LogP contribution in [0.5, 0.6) is 0 Å². The summed E-state index contributed by atoms with van der Waals surface area (Å²) in [6.07, 6.45) is 2.72. The third-order valence-corrected chi connectivity index (χ3v) is 6.66. The zero-order valence-electron chi connectivity index (χ0n) is 14.2. The summed E-state index contributed by atoms with van der Waals surface area (Å²) < 4.78 is 12.3. The first-order valence-corrected chi connectivity index (χ1v) is 10.3. The molecule has 130 valence electrons. The summed E-state index contributed by atoms with van der Waals surface area (Å²) >= 11 is 3.58. The molecule has 6 heteroatoms. The Morgan fingerprint density at radius 2 is 2.29 bits per heavy atom. The molecule has 0 spiro atoms. The first-order valence-electron chi connectivity index (χ1n) is 8.62. The summed E-state index contributed by atoms with van der Waals surface area (Å²) in [5, 5.41) is 3.19. The molecule has 0 radical (unpaired) electrons. The van der Waals surface area contributed by atoms with Crippen molar-refractivity contribution < 1.29 is 9.47 Å². The molecule has 2 saturated heterocycles. The summed E-state index contributed by atoms with van der Waals surface area (Å²) in [4.78, 5) is 9.89. The van der Waals surface area contributed by atoms with Crippen molar-refractivity contribution in [1.29, 1.82) is 0 Å². The van der Waals surface area contributed by atoms with E-state index in [2.05, 4.69) is 34.3 Å². The van der Waals surface area contributed by atoms with Gasteiger partial charge in [-0.05, 0) is 38.8 Å². The summed E-state index contributed by atoms with van der Waals surface area (Å²) in [5.41, 5.74) is 1.04. The molecule has 0 aromatic carbocycles. The fourth-order valence-corrected chi connectivity index (χ4v) is 5.28. The van der Waals surface area contributed by atoms with Gasteiger partial charge >= 0.3 is 0 Å². The molecule has 0 N–H and O–H groups in total. The molecule has 4 heterocycles. The number of thiazole rings is 1. The van der Waals surface area contributed by atoms with Crippen LogP contribution in [-0.2, 0) is 22.6 Å². The van der Waals surface area contributed by atoms with Gasteiger partial charge < -0.3 is 9.47 Å². The Morgan fingerprint density at radius 1 is 1.38 bits per heavy atom. The van der Waals surface area contributed by atoms with Crippen molar-refractivity contribution >= 4 is 22.7 Å². The number of hydrogen-bond donors (Lipinski definition) is 0. The highest BCUT2D eigenvalue weighted by Crippen LogP contribution is 2.33. The second-order valence-corrected chi connectivity index (χ2v) is 9.13. The van der Waals surface area contributed by atoms with Gasteiger partial charge in [-0.2, -0.15) is 0 Å². The maximum Gasteiger partial charge on any atom is 0.100 e. The Hall–Kier alpha value is -0.790. The van der Waals surface area contributed by atoms with E-state index in [0.717, 1.165) is 36.8 Å². The minimum atomic E-state index is 0.151. The molecule has 0 amide bonds. The van der Waals surface area contributed by atoms with Crippen molar-refractivity contribution in [2.75, 3.05) is 13.2 Å². The molecule has 2 fully saturated rings. The van der Waals surface area contributed by atoms with Crippen molar-refractivity contribution in [1.82, 2.24) is 9.88 Å².